The zero-order valence-corrected chi connectivity index (χ0v) is 9.56. The molecule has 0 aromatic carbocycles. The third-order valence-corrected chi connectivity index (χ3v) is 0.813. The van der Waals surface area contributed by atoms with Crippen LogP contribution in [0.5, 0.6) is 0 Å². The molecule has 0 unspecified atom stereocenters. The van der Waals surface area contributed by atoms with Crippen LogP contribution in [0.3, 0.4) is 0 Å². The third kappa shape index (κ3) is 10.2. The third-order valence-electron chi connectivity index (χ3n) is 0.813. The van der Waals surface area contributed by atoms with Gasteiger partial charge in [-0.25, -0.2) is 0 Å². The molecule has 0 aromatic heterocycles. The molecular weight excluding hydrogens is 330 g/mol. The van der Waals surface area contributed by atoms with Crippen LogP contribution in [0.25, 0.3) is 0 Å². The number of hydrogen-bond donors (Lipinski definition) is 0. The summed E-state index contributed by atoms with van der Waals surface area (Å²) in [4.78, 5) is 10.1. The maximum atomic E-state index is 10.1. The fraction of sp³-hybridized carbons (Fsp3) is 0.800. The zero-order chi connectivity index (χ0) is 7.15. The SMILES string of the molecule is CC(=O)C(C)C.II. The smallest absolute Gasteiger partial charge is 0.132 e. The van der Waals surface area contributed by atoms with Gasteiger partial charge >= 0.3 is 0 Å². The van der Waals surface area contributed by atoms with Gasteiger partial charge in [0.2, 0.25) is 0 Å². The van der Waals surface area contributed by atoms with Crippen LogP contribution in [0, 0.1) is 5.92 Å². The van der Waals surface area contributed by atoms with Crippen LogP contribution in [0.4, 0.5) is 0 Å². The Bertz CT molecular complexity index is 61.4. The van der Waals surface area contributed by atoms with Crippen LogP contribution < -0.4 is 0 Å². The van der Waals surface area contributed by atoms with Crippen LogP contribution >= 0.6 is 37.2 Å². The molecule has 0 aromatic rings. The molecule has 0 aliphatic heterocycles. The molecule has 1 nitrogen and oxygen atoms in total. The van der Waals surface area contributed by atoms with Gasteiger partial charge in [0.25, 0.3) is 0 Å². The molecule has 0 heterocycles. The molecule has 0 aliphatic carbocycles. The van der Waals surface area contributed by atoms with Crippen molar-refractivity contribution < 1.29 is 4.79 Å². The van der Waals surface area contributed by atoms with Crippen molar-refractivity contribution in [2.75, 3.05) is 0 Å². The summed E-state index contributed by atoms with van der Waals surface area (Å²) in [5.74, 6) is 0.472. The molecule has 0 aliphatic rings. The molecule has 0 rings (SSSR count). The molecule has 0 N–H and O–H groups in total. The molecule has 0 fully saturated rings. The van der Waals surface area contributed by atoms with E-state index in [1.54, 1.807) is 6.92 Å². The minimum absolute atomic E-state index is 0.213. The Balaban J connectivity index is 0. The molecule has 0 atom stereocenters. The number of Topliss-reactive ketones (excluding diaryl/α,β-unsaturated/α-hetero) is 1. The first-order chi connectivity index (χ1) is 3.64. The van der Waals surface area contributed by atoms with Gasteiger partial charge in [-0.2, -0.15) is 0 Å². The van der Waals surface area contributed by atoms with Crippen molar-refractivity contribution in [2.45, 2.75) is 20.8 Å². The van der Waals surface area contributed by atoms with Crippen LogP contribution in [0.2, 0.25) is 0 Å². The van der Waals surface area contributed by atoms with Gasteiger partial charge in [-0.15, -0.1) is 0 Å². The Morgan fingerprint density at radius 3 is 1.50 bits per heavy atom. The highest BCUT2D eigenvalue weighted by molar-refractivity contribution is 15.0. The van der Waals surface area contributed by atoms with Gasteiger partial charge in [-0.1, -0.05) is 13.8 Å². The monoisotopic (exact) mass is 340 g/mol. The zero-order valence-electron chi connectivity index (χ0n) is 5.24. The summed E-state index contributed by atoms with van der Waals surface area (Å²) in [5, 5.41) is 0. The van der Waals surface area contributed by atoms with Crippen LogP contribution in [0.1, 0.15) is 20.8 Å². The van der Waals surface area contributed by atoms with E-state index in [1.807, 2.05) is 13.8 Å². The first-order valence-corrected chi connectivity index (χ1v) is 8.58. The summed E-state index contributed by atoms with van der Waals surface area (Å²) in [6, 6.07) is 0. The maximum absolute atomic E-state index is 10.1. The number of carbonyl (C=O) groups is 1. The van der Waals surface area contributed by atoms with Gasteiger partial charge in [0.15, 0.2) is 0 Å². The standard InChI is InChI=1S/C5H10O.I2/c1-4(2)5(3)6;1-2/h4H,1-3H3;. The van der Waals surface area contributed by atoms with Crippen molar-refractivity contribution in [1.29, 1.82) is 0 Å². The predicted molar refractivity (Wildman–Crippen MR) is 53.6 cm³/mol. The molecule has 0 radical (unpaired) electrons. The summed E-state index contributed by atoms with van der Waals surface area (Å²) < 4.78 is 0. The number of rotatable bonds is 1. The Labute approximate surface area is 73.9 Å². The summed E-state index contributed by atoms with van der Waals surface area (Å²) in [7, 11) is 0. The number of carbonyl (C=O) groups excluding carboxylic acids is 1. The fourth-order valence-corrected chi connectivity index (χ4v) is 0. The lowest BCUT2D eigenvalue weighted by molar-refractivity contribution is -0.119. The Kier molecular flexibility index (Phi) is 12.1. The van der Waals surface area contributed by atoms with E-state index in [-0.39, 0.29) is 11.7 Å². The minimum atomic E-state index is 0.213. The Morgan fingerprint density at radius 1 is 1.38 bits per heavy atom. The lowest BCUT2D eigenvalue weighted by Gasteiger charge is -1.90. The summed E-state index contributed by atoms with van der Waals surface area (Å²) >= 11 is 4.24. The fourth-order valence-electron chi connectivity index (χ4n) is 0. The van der Waals surface area contributed by atoms with Gasteiger partial charge in [-0.3, -0.25) is 4.79 Å². The van der Waals surface area contributed by atoms with E-state index in [0.717, 1.165) is 0 Å². The molecule has 0 bridgehead atoms. The average molecular weight is 340 g/mol. The normalized spacial score (nSPS) is 7.75. The van der Waals surface area contributed by atoms with Gasteiger partial charge in [0.05, 0.1) is 0 Å². The van der Waals surface area contributed by atoms with E-state index in [9.17, 15) is 4.79 Å². The van der Waals surface area contributed by atoms with E-state index in [4.69, 9.17) is 0 Å². The molecule has 0 saturated carbocycles. The van der Waals surface area contributed by atoms with E-state index >= 15 is 0 Å². The minimum Gasteiger partial charge on any atom is -0.300 e. The van der Waals surface area contributed by atoms with Gasteiger partial charge in [-0.05, 0) is 6.92 Å². The van der Waals surface area contributed by atoms with Crippen LogP contribution in [-0.4, -0.2) is 5.78 Å². The highest BCUT2D eigenvalue weighted by Crippen LogP contribution is 1.89. The van der Waals surface area contributed by atoms with Crippen molar-refractivity contribution >= 4 is 43.0 Å². The summed E-state index contributed by atoms with van der Waals surface area (Å²) in [5.41, 5.74) is 0. The second-order valence-electron chi connectivity index (χ2n) is 1.77. The number of hydrogen-bond acceptors (Lipinski definition) is 1. The molecule has 0 amide bonds. The number of ketones is 1. The van der Waals surface area contributed by atoms with Gasteiger partial charge in [0.1, 0.15) is 5.78 Å². The second kappa shape index (κ2) is 8.13. The number of halogens is 2. The molecule has 0 saturated heterocycles. The maximum Gasteiger partial charge on any atom is 0.132 e. The van der Waals surface area contributed by atoms with Gasteiger partial charge in [0, 0.05) is 43.1 Å². The Hall–Kier alpha value is 1.13. The van der Waals surface area contributed by atoms with Crippen molar-refractivity contribution in [3.63, 3.8) is 0 Å². The quantitative estimate of drug-likeness (QED) is 0.671. The van der Waals surface area contributed by atoms with E-state index in [2.05, 4.69) is 37.2 Å². The van der Waals surface area contributed by atoms with E-state index in [1.165, 1.54) is 0 Å². The molecule has 3 heteroatoms. The van der Waals surface area contributed by atoms with E-state index in [0.29, 0.717) is 0 Å². The largest absolute Gasteiger partial charge is 0.300 e. The summed E-state index contributed by atoms with van der Waals surface area (Å²) in [6.07, 6.45) is 0. The topological polar surface area (TPSA) is 17.1 Å². The van der Waals surface area contributed by atoms with Crippen molar-refractivity contribution in [3.8, 4) is 0 Å². The average Bonchev–Trinajstić information content (AvgIpc) is 1.72. The molecule has 8 heavy (non-hydrogen) atoms. The predicted octanol–water partition coefficient (Wildman–Crippen LogP) is 3.00. The lowest BCUT2D eigenvalue weighted by Crippen LogP contribution is -1.98. The molecular formula is C5H10I2O. The first-order valence-electron chi connectivity index (χ1n) is 2.29. The Morgan fingerprint density at radius 2 is 1.50 bits per heavy atom. The van der Waals surface area contributed by atoms with E-state index < -0.39 is 0 Å². The second-order valence-corrected chi connectivity index (χ2v) is 1.77. The lowest BCUT2D eigenvalue weighted by atomic mass is 10.1. The molecule has 50 valence electrons. The summed E-state index contributed by atoms with van der Waals surface area (Å²) in [6.45, 7) is 5.38. The van der Waals surface area contributed by atoms with Crippen molar-refractivity contribution in [2.24, 2.45) is 5.92 Å². The van der Waals surface area contributed by atoms with Crippen molar-refractivity contribution in [1.82, 2.24) is 0 Å². The highest BCUT2D eigenvalue weighted by atomic mass is 128. The van der Waals surface area contributed by atoms with Crippen LogP contribution in [0.15, 0.2) is 0 Å². The molecule has 0 spiro atoms. The van der Waals surface area contributed by atoms with Gasteiger partial charge < -0.3 is 0 Å². The first kappa shape index (κ1) is 11.9. The van der Waals surface area contributed by atoms with Crippen molar-refractivity contribution in [3.05, 3.63) is 0 Å². The highest BCUT2D eigenvalue weighted by Gasteiger charge is 1.94. The van der Waals surface area contributed by atoms with Crippen LogP contribution in [-0.2, 0) is 4.79 Å².